The third-order valence-electron chi connectivity index (χ3n) is 5.31. The van der Waals surface area contributed by atoms with E-state index in [1.807, 2.05) is 30.3 Å². The van der Waals surface area contributed by atoms with Gasteiger partial charge in [-0.1, -0.05) is 56.0 Å². The molecule has 2 fully saturated rings. The van der Waals surface area contributed by atoms with Crippen LogP contribution in [0.25, 0.3) is 0 Å². The second-order valence-corrected chi connectivity index (χ2v) is 7.35. The van der Waals surface area contributed by atoms with E-state index in [1.54, 1.807) is 0 Å². The molecule has 8 nitrogen and oxygen atoms in total. The van der Waals surface area contributed by atoms with Crippen molar-refractivity contribution in [1.82, 2.24) is 20.9 Å². The van der Waals surface area contributed by atoms with Gasteiger partial charge in [0, 0.05) is 19.5 Å². The third-order valence-corrected chi connectivity index (χ3v) is 5.31. The van der Waals surface area contributed by atoms with Crippen LogP contribution in [-0.4, -0.2) is 40.9 Å². The summed E-state index contributed by atoms with van der Waals surface area (Å²) in [6, 6.07) is 8.27. The van der Waals surface area contributed by atoms with E-state index in [-0.39, 0.29) is 18.9 Å². The Hall–Kier alpha value is -2.90. The Balaban J connectivity index is 1.45. The lowest BCUT2D eigenvalue weighted by atomic mass is 9.90. The van der Waals surface area contributed by atoms with Crippen molar-refractivity contribution in [1.29, 1.82) is 0 Å². The van der Waals surface area contributed by atoms with Gasteiger partial charge in [-0.25, -0.2) is 9.59 Å². The predicted molar refractivity (Wildman–Crippen MR) is 102 cm³/mol. The number of carbonyl (C=O) groups excluding carboxylic acids is 4. The molecule has 1 aliphatic carbocycles. The molecular weight excluding hydrogens is 360 g/mol. The molecule has 1 spiro atoms. The lowest BCUT2D eigenvalue weighted by Crippen LogP contribution is -2.46. The van der Waals surface area contributed by atoms with E-state index in [9.17, 15) is 19.2 Å². The van der Waals surface area contributed by atoms with Gasteiger partial charge in [0.1, 0.15) is 5.54 Å². The molecule has 1 aromatic carbocycles. The monoisotopic (exact) mass is 386 g/mol. The van der Waals surface area contributed by atoms with Crippen LogP contribution < -0.4 is 16.0 Å². The summed E-state index contributed by atoms with van der Waals surface area (Å²) in [5.41, 5.74) is 0.107. The first-order chi connectivity index (χ1) is 13.5. The Labute approximate surface area is 164 Å². The van der Waals surface area contributed by atoms with Gasteiger partial charge >= 0.3 is 12.1 Å². The summed E-state index contributed by atoms with van der Waals surface area (Å²) < 4.78 is 0. The van der Waals surface area contributed by atoms with E-state index in [0.717, 1.165) is 36.1 Å². The first kappa shape index (κ1) is 19.9. The van der Waals surface area contributed by atoms with Crippen molar-refractivity contribution in [2.75, 3.05) is 6.54 Å². The molecule has 1 saturated heterocycles. The highest BCUT2D eigenvalue weighted by molar-refractivity contribution is 6.07. The Morgan fingerprint density at radius 2 is 1.71 bits per heavy atom. The predicted octanol–water partition coefficient (Wildman–Crippen LogP) is 2.05. The summed E-state index contributed by atoms with van der Waals surface area (Å²) in [5.74, 6) is -0.784. The van der Waals surface area contributed by atoms with Crippen LogP contribution in [0, 0.1) is 0 Å². The van der Waals surface area contributed by atoms with Crippen molar-refractivity contribution in [2.24, 2.45) is 0 Å². The zero-order chi connectivity index (χ0) is 20.0. The fourth-order valence-electron chi connectivity index (χ4n) is 3.78. The summed E-state index contributed by atoms with van der Waals surface area (Å²) in [6.45, 7) is 0.264. The van der Waals surface area contributed by atoms with E-state index in [2.05, 4.69) is 16.0 Å². The zero-order valence-corrected chi connectivity index (χ0v) is 15.8. The van der Waals surface area contributed by atoms with E-state index < -0.39 is 23.5 Å². The number of nitrogens with one attached hydrogen (secondary N) is 3. The maximum absolute atomic E-state index is 12.8. The van der Waals surface area contributed by atoms with Gasteiger partial charge in [-0.15, -0.1) is 0 Å². The van der Waals surface area contributed by atoms with Crippen LogP contribution in [0.4, 0.5) is 9.59 Å². The van der Waals surface area contributed by atoms with Crippen LogP contribution in [0.1, 0.15) is 50.5 Å². The molecule has 2 aliphatic rings. The zero-order valence-electron chi connectivity index (χ0n) is 15.8. The lowest BCUT2D eigenvalue weighted by Gasteiger charge is -2.24. The Morgan fingerprint density at radius 3 is 2.39 bits per heavy atom. The van der Waals surface area contributed by atoms with E-state index in [4.69, 9.17) is 0 Å². The molecule has 0 unspecified atom stereocenters. The number of urea groups is 2. The van der Waals surface area contributed by atoms with Crippen LogP contribution in [0.5, 0.6) is 0 Å². The van der Waals surface area contributed by atoms with Crippen LogP contribution in [0.3, 0.4) is 0 Å². The maximum atomic E-state index is 12.8. The van der Waals surface area contributed by atoms with Crippen molar-refractivity contribution in [3.63, 3.8) is 0 Å². The average molecular weight is 386 g/mol. The Morgan fingerprint density at radius 1 is 1.04 bits per heavy atom. The average Bonchev–Trinajstić information content (AvgIpc) is 2.84. The minimum Gasteiger partial charge on any atom is -0.334 e. The summed E-state index contributed by atoms with van der Waals surface area (Å²) in [7, 11) is 0. The highest BCUT2D eigenvalue weighted by Gasteiger charge is 2.50. The van der Waals surface area contributed by atoms with Crippen molar-refractivity contribution in [3.05, 3.63) is 35.9 Å². The van der Waals surface area contributed by atoms with Crippen molar-refractivity contribution in [3.8, 4) is 0 Å². The van der Waals surface area contributed by atoms with Crippen molar-refractivity contribution >= 4 is 23.9 Å². The number of imide groups is 2. The van der Waals surface area contributed by atoms with E-state index >= 15 is 0 Å². The molecule has 8 heteroatoms. The summed E-state index contributed by atoms with van der Waals surface area (Å²) >= 11 is 0. The molecular formula is C20H26N4O4. The topological polar surface area (TPSA) is 108 Å². The normalized spacial score (nSPS) is 18.5. The third kappa shape index (κ3) is 4.68. The standard InChI is InChI=1S/C20H26N4O4/c25-16(22-18(27)21-14-15-8-4-3-5-9-15)10-13-24-17(26)20(23-19(24)28)11-6-1-2-7-12-20/h3-5,8-9H,1-2,6-7,10-14H2,(H,23,28)(H2,21,22,25,27). The summed E-state index contributed by atoms with van der Waals surface area (Å²) in [6.07, 6.45) is 5.10. The lowest BCUT2D eigenvalue weighted by molar-refractivity contribution is -0.132. The van der Waals surface area contributed by atoms with Crippen LogP contribution in [-0.2, 0) is 16.1 Å². The highest BCUT2D eigenvalue weighted by Crippen LogP contribution is 2.32. The number of hydrogen-bond donors (Lipinski definition) is 3. The number of carbonyl (C=O) groups is 4. The molecule has 0 bridgehead atoms. The maximum Gasteiger partial charge on any atom is 0.325 e. The molecule has 3 N–H and O–H groups in total. The Kier molecular flexibility index (Phi) is 6.28. The molecule has 0 aromatic heterocycles. The molecule has 6 amide bonds. The molecule has 3 rings (SSSR count). The fraction of sp³-hybridized carbons (Fsp3) is 0.500. The van der Waals surface area contributed by atoms with Gasteiger partial charge in [0.05, 0.1) is 0 Å². The minimum atomic E-state index is -0.808. The highest BCUT2D eigenvalue weighted by atomic mass is 16.2. The molecule has 150 valence electrons. The van der Waals surface area contributed by atoms with Crippen molar-refractivity contribution < 1.29 is 19.2 Å². The molecule has 0 radical (unpaired) electrons. The number of amides is 6. The first-order valence-corrected chi connectivity index (χ1v) is 9.76. The van der Waals surface area contributed by atoms with Crippen LogP contribution in [0.15, 0.2) is 30.3 Å². The number of nitrogens with zero attached hydrogens (tertiary/aromatic N) is 1. The van der Waals surface area contributed by atoms with Crippen molar-refractivity contribution in [2.45, 2.75) is 57.0 Å². The van der Waals surface area contributed by atoms with E-state index in [1.165, 1.54) is 0 Å². The van der Waals surface area contributed by atoms with Gasteiger partial charge in [-0.2, -0.15) is 0 Å². The second kappa shape index (κ2) is 8.86. The largest absolute Gasteiger partial charge is 0.334 e. The van der Waals surface area contributed by atoms with Gasteiger partial charge in [0.2, 0.25) is 5.91 Å². The van der Waals surface area contributed by atoms with Crippen LogP contribution in [0.2, 0.25) is 0 Å². The molecule has 0 atom stereocenters. The van der Waals surface area contributed by atoms with Crippen LogP contribution >= 0.6 is 0 Å². The van der Waals surface area contributed by atoms with E-state index in [0.29, 0.717) is 19.4 Å². The van der Waals surface area contributed by atoms with Gasteiger partial charge in [-0.05, 0) is 18.4 Å². The molecule has 1 aromatic rings. The smallest absolute Gasteiger partial charge is 0.325 e. The molecule has 28 heavy (non-hydrogen) atoms. The number of benzene rings is 1. The van der Waals surface area contributed by atoms with Gasteiger partial charge in [-0.3, -0.25) is 19.8 Å². The van der Waals surface area contributed by atoms with Gasteiger partial charge in [0.25, 0.3) is 5.91 Å². The fourth-order valence-corrected chi connectivity index (χ4v) is 3.78. The Bertz CT molecular complexity index is 742. The molecule has 1 aliphatic heterocycles. The minimum absolute atomic E-state index is 0.0375. The molecule has 1 heterocycles. The number of hydrogen-bond acceptors (Lipinski definition) is 4. The number of rotatable bonds is 5. The summed E-state index contributed by atoms with van der Waals surface area (Å²) in [4.78, 5) is 50.0. The molecule has 1 saturated carbocycles. The van der Waals surface area contributed by atoms with Gasteiger partial charge < -0.3 is 10.6 Å². The summed E-state index contributed by atoms with van der Waals surface area (Å²) in [5, 5.41) is 7.66. The SMILES string of the molecule is O=C(CCN1C(=O)NC2(CCCCCC2)C1=O)NC(=O)NCc1ccccc1. The second-order valence-electron chi connectivity index (χ2n) is 7.35. The quantitative estimate of drug-likeness (QED) is 0.673. The van der Waals surface area contributed by atoms with Gasteiger partial charge in [0.15, 0.2) is 0 Å². The first-order valence-electron chi connectivity index (χ1n) is 9.76.